The first-order valence-electron chi connectivity index (χ1n) is 7.98. The number of benzene rings is 3. The van der Waals surface area contributed by atoms with Crippen LogP contribution in [-0.4, -0.2) is 15.5 Å². The lowest BCUT2D eigenvalue weighted by Gasteiger charge is -2.10. The zero-order valence-corrected chi connectivity index (χ0v) is 15.3. The van der Waals surface area contributed by atoms with Crippen LogP contribution in [0.25, 0.3) is 0 Å². The van der Waals surface area contributed by atoms with Crippen molar-refractivity contribution in [3.63, 3.8) is 0 Å². The molecule has 3 rings (SSSR count). The van der Waals surface area contributed by atoms with E-state index in [9.17, 15) is 8.42 Å². The van der Waals surface area contributed by atoms with Crippen LogP contribution in [0.4, 0.5) is 5.69 Å². The molecule has 0 saturated carbocycles. The Morgan fingerprint density at radius 3 is 1.77 bits per heavy atom. The minimum atomic E-state index is -3.66. The fourth-order valence-corrected chi connectivity index (χ4v) is 3.36. The predicted molar refractivity (Wildman–Crippen MR) is 101 cm³/mol. The van der Waals surface area contributed by atoms with Gasteiger partial charge in [-0.1, -0.05) is 17.7 Å². The quantitative estimate of drug-likeness (QED) is 0.690. The van der Waals surface area contributed by atoms with E-state index in [0.29, 0.717) is 17.2 Å². The number of aryl methyl sites for hydroxylation is 1. The molecule has 0 unspecified atom stereocenters. The highest BCUT2D eigenvalue weighted by Crippen LogP contribution is 2.25. The van der Waals surface area contributed by atoms with E-state index >= 15 is 0 Å². The van der Waals surface area contributed by atoms with Crippen molar-refractivity contribution in [3.05, 3.63) is 78.4 Å². The molecule has 1 N–H and O–H groups in total. The van der Waals surface area contributed by atoms with Crippen molar-refractivity contribution in [2.24, 2.45) is 0 Å². The molecule has 0 aliphatic rings. The molecule has 5 nitrogen and oxygen atoms in total. The Hall–Kier alpha value is -2.99. The summed E-state index contributed by atoms with van der Waals surface area (Å²) in [6.07, 6.45) is 0. The number of ether oxygens (including phenoxy) is 2. The van der Waals surface area contributed by atoms with E-state index in [0.717, 1.165) is 11.3 Å². The normalized spacial score (nSPS) is 11.0. The van der Waals surface area contributed by atoms with E-state index in [1.165, 1.54) is 19.2 Å². The number of anilines is 1. The summed E-state index contributed by atoms with van der Waals surface area (Å²) in [5.41, 5.74) is 1.61. The molecule has 0 fully saturated rings. The molecule has 0 bridgehead atoms. The van der Waals surface area contributed by atoms with E-state index in [1.54, 1.807) is 36.4 Å². The van der Waals surface area contributed by atoms with Crippen LogP contribution in [0.15, 0.2) is 77.7 Å². The summed E-state index contributed by atoms with van der Waals surface area (Å²) >= 11 is 0. The van der Waals surface area contributed by atoms with Crippen molar-refractivity contribution in [1.29, 1.82) is 0 Å². The van der Waals surface area contributed by atoms with Gasteiger partial charge in [-0.3, -0.25) is 4.72 Å². The number of hydrogen-bond acceptors (Lipinski definition) is 4. The molecule has 6 heteroatoms. The third-order valence-electron chi connectivity index (χ3n) is 3.73. The lowest BCUT2D eigenvalue weighted by Crippen LogP contribution is -2.12. The molecule has 0 amide bonds. The highest BCUT2D eigenvalue weighted by molar-refractivity contribution is 7.92. The molecule has 3 aromatic rings. The van der Waals surface area contributed by atoms with Gasteiger partial charge in [0.15, 0.2) is 0 Å². The monoisotopic (exact) mass is 369 g/mol. The average Bonchev–Trinajstić information content (AvgIpc) is 2.65. The first kappa shape index (κ1) is 17.8. The van der Waals surface area contributed by atoms with Gasteiger partial charge in [0.1, 0.15) is 17.2 Å². The maximum atomic E-state index is 12.4. The van der Waals surface area contributed by atoms with Gasteiger partial charge in [-0.05, 0) is 67.6 Å². The molecule has 0 spiro atoms. The molecule has 3 aromatic carbocycles. The van der Waals surface area contributed by atoms with Gasteiger partial charge < -0.3 is 9.47 Å². The fraction of sp³-hybridized carbons (Fsp3) is 0.100. The van der Waals surface area contributed by atoms with Crippen molar-refractivity contribution < 1.29 is 17.9 Å². The Labute approximate surface area is 153 Å². The van der Waals surface area contributed by atoms with Gasteiger partial charge >= 0.3 is 0 Å². The number of sulfonamides is 1. The smallest absolute Gasteiger partial charge is 0.261 e. The van der Waals surface area contributed by atoms with Gasteiger partial charge in [0, 0.05) is 5.69 Å². The number of rotatable bonds is 6. The standard InChI is InChI=1S/C20H19NO4S/c1-15-3-7-18(8-4-15)25-19-9-5-16(6-10-19)21-26(22,23)20-13-11-17(24-2)12-14-20/h3-14,21H,1-2H3. The van der Waals surface area contributed by atoms with Gasteiger partial charge in [-0.25, -0.2) is 8.42 Å². The Morgan fingerprint density at radius 1 is 0.731 bits per heavy atom. The van der Waals surface area contributed by atoms with Crippen molar-refractivity contribution in [2.45, 2.75) is 11.8 Å². The van der Waals surface area contributed by atoms with Gasteiger partial charge in [0.25, 0.3) is 10.0 Å². The molecule has 26 heavy (non-hydrogen) atoms. The van der Waals surface area contributed by atoms with Crippen molar-refractivity contribution >= 4 is 15.7 Å². The Kier molecular flexibility index (Phi) is 5.14. The second kappa shape index (κ2) is 7.49. The van der Waals surface area contributed by atoms with E-state index < -0.39 is 10.0 Å². The van der Waals surface area contributed by atoms with Gasteiger partial charge in [-0.15, -0.1) is 0 Å². The number of hydrogen-bond donors (Lipinski definition) is 1. The zero-order valence-electron chi connectivity index (χ0n) is 14.5. The molecule has 0 atom stereocenters. The fourth-order valence-electron chi connectivity index (χ4n) is 2.30. The van der Waals surface area contributed by atoms with E-state index in [4.69, 9.17) is 9.47 Å². The van der Waals surface area contributed by atoms with Crippen LogP contribution in [0.2, 0.25) is 0 Å². The minimum absolute atomic E-state index is 0.165. The van der Waals surface area contributed by atoms with Crippen LogP contribution in [-0.2, 0) is 10.0 Å². The van der Waals surface area contributed by atoms with Crippen LogP contribution in [0.1, 0.15) is 5.56 Å². The summed E-state index contributed by atoms with van der Waals surface area (Å²) in [6, 6.07) is 20.6. The number of methoxy groups -OCH3 is 1. The summed E-state index contributed by atoms with van der Waals surface area (Å²) in [6.45, 7) is 2.01. The molecular formula is C20H19NO4S. The maximum absolute atomic E-state index is 12.4. The zero-order chi connectivity index (χ0) is 18.6. The molecule has 0 aromatic heterocycles. The van der Waals surface area contributed by atoms with Gasteiger partial charge in [-0.2, -0.15) is 0 Å². The topological polar surface area (TPSA) is 64.6 Å². The molecule has 0 aliphatic carbocycles. The first-order chi connectivity index (χ1) is 12.5. The third-order valence-corrected chi connectivity index (χ3v) is 5.13. The molecule has 0 aliphatic heterocycles. The minimum Gasteiger partial charge on any atom is -0.497 e. The summed E-state index contributed by atoms with van der Waals surface area (Å²) in [5.74, 6) is 1.95. The highest BCUT2D eigenvalue weighted by atomic mass is 32.2. The van der Waals surface area contributed by atoms with Crippen LogP contribution in [0.5, 0.6) is 17.2 Å². The van der Waals surface area contributed by atoms with Crippen molar-refractivity contribution in [1.82, 2.24) is 0 Å². The van der Waals surface area contributed by atoms with Crippen molar-refractivity contribution in [2.75, 3.05) is 11.8 Å². The molecule has 0 saturated heterocycles. The number of nitrogens with one attached hydrogen (secondary N) is 1. The Morgan fingerprint density at radius 2 is 1.23 bits per heavy atom. The largest absolute Gasteiger partial charge is 0.497 e. The molecule has 0 heterocycles. The van der Waals surface area contributed by atoms with E-state index in [2.05, 4.69) is 4.72 Å². The summed E-state index contributed by atoms with van der Waals surface area (Å²) in [5, 5.41) is 0. The second-order valence-corrected chi connectivity index (χ2v) is 7.40. The predicted octanol–water partition coefficient (Wildman–Crippen LogP) is 4.60. The first-order valence-corrected chi connectivity index (χ1v) is 9.46. The van der Waals surface area contributed by atoms with Gasteiger partial charge in [0.05, 0.1) is 12.0 Å². The SMILES string of the molecule is COc1ccc(S(=O)(=O)Nc2ccc(Oc3ccc(C)cc3)cc2)cc1. The van der Waals surface area contributed by atoms with Crippen LogP contribution < -0.4 is 14.2 Å². The Balaban J connectivity index is 1.70. The molecule has 0 radical (unpaired) electrons. The summed E-state index contributed by atoms with van der Waals surface area (Å²) < 4.78 is 38.2. The summed E-state index contributed by atoms with van der Waals surface area (Å²) in [4.78, 5) is 0.165. The van der Waals surface area contributed by atoms with Crippen LogP contribution in [0, 0.1) is 6.92 Å². The summed E-state index contributed by atoms with van der Waals surface area (Å²) in [7, 11) is -2.13. The average molecular weight is 369 g/mol. The molecule has 134 valence electrons. The molecular weight excluding hydrogens is 350 g/mol. The second-order valence-electron chi connectivity index (χ2n) is 5.72. The Bertz CT molecular complexity index is 964. The van der Waals surface area contributed by atoms with Gasteiger partial charge in [0.2, 0.25) is 0 Å². The van der Waals surface area contributed by atoms with E-state index in [1.807, 2.05) is 31.2 Å². The maximum Gasteiger partial charge on any atom is 0.261 e. The highest BCUT2D eigenvalue weighted by Gasteiger charge is 2.14. The lowest BCUT2D eigenvalue weighted by molar-refractivity contribution is 0.414. The van der Waals surface area contributed by atoms with E-state index in [-0.39, 0.29) is 4.90 Å². The van der Waals surface area contributed by atoms with Crippen LogP contribution >= 0.6 is 0 Å². The lowest BCUT2D eigenvalue weighted by atomic mass is 10.2. The van der Waals surface area contributed by atoms with Crippen LogP contribution in [0.3, 0.4) is 0 Å². The third kappa shape index (κ3) is 4.34. The van der Waals surface area contributed by atoms with Crippen molar-refractivity contribution in [3.8, 4) is 17.2 Å².